The first-order chi connectivity index (χ1) is 9.24. The smallest absolute Gasteiger partial charge is 0.329 e. The quantitative estimate of drug-likeness (QED) is 0.226. The molecule has 1 aromatic rings. The van der Waals surface area contributed by atoms with Crippen molar-refractivity contribution in [2.24, 2.45) is 0 Å². The number of ether oxygens (including phenoxy) is 1. The molecule has 0 bridgehead atoms. The number of hydrogen-bond donors (Lipinski definition) is 0. The van der Waals surface area contributed by atoms with Crippen LogP contribution in [0.3, 0.4) is 0 Å². The lowest BCUT2D eigenvalue weighted by Gasteiger charge is -2.07. The average molecular weight is 281 g/mol. The average Bonchev–Trinajstić information content (AvgIpc) is 2.43. The molecule has 0 N–H and O–H groups in total. The van der Waals surface area contributed by atoms with Crippen LogP contribution in [0.1, 0.15) is 39.0 Å². The Kier molecular flexibility index (Phi) is 7.99. The molecule has 0 spiro atoms. The van der Waals surface area contributed by atoms with Gasteiger partial charge in [0.1, 0.15) is 11.1 Å². The number of carbonyl (C=O) groups excluding carboxylic acids is 1. The van der Waals surface area contributed by atoms with Crippen molar-refractivity contribution in [3.8, 4) is 5.75 Å². The molecule has 104 valence electrons. The van der Waals surface area contributed by atoms with E-state index in [9.17, 15) is 4.79 Å². The summed E-state index contributed by atoms with van der Waals surface area (Å²) in [4.78, 5) is 11.7. The fourth-order valence-corrected chi connectivity index (χ4v) is 1.76. The molecule has 1 atom stereocenters. The SMILES string of the molecule is CCCCC/C=C/C[C@H](Cl)C(=O)Oc1ccccc1. The highest BCUT2D eigenvalue weighted by Crippen LogP contribution is 2.13. The summed E-state index contributed by atoms with van der Waals surface area (Å²) < 4.78 is 5.17. The molecule has 1 rings (SSSR count). The molecule has 0 unspecified atom stereocenters. The van der Waals surface area contributed by atoms with Gasteiger partial charge in [-0.15, -0.1) is 11.6 Å². The Morgan fingerprint density at radius 2 is 2.00 bits per heavy atom. The zero-order chi connectivity index (χ0) is 13.9. The Balaban J connectivity index is 2.25. The zero-order valence-electron chi connectivity index (χ0n) is 11.3. The summed E-state index contributed by atoms with van der Waals surface area (Å²) in [7, 11) is 0. The standard InChI is InChI=1S/C16H21ClO2/c1-2-3-4-5-6-10-13-15(17)16(18)19-14-11-8-7-9-12-14/h6-12,15H,2-5,13H2,1H3/b10-6+/t15-/m0/s1. The number of halogens is 1. The van der Waals surface area contributed by atoms with Gasteiger partial charge in [-0.25, -0.2) is 0 Å². The van der Waals surface area contributed by atoms with Gasteiger partial charge >= 0.3 is 5.97 Å². The second-order valence-electron chi connectivity index (χ2n) is 4.40. The number of carbonyl (C=O) groups is 1. The molecule has 3 heteroatoms. The van der Waals surface area contributed by atoms with E-state index in [0.717, 1.165) is 6.42 Å². The number of rotatable bonds is 8. The Bertz CT molecular complexity index is 387. The third-order valence-electron chi connectivity index (χ3n) is 2.70. The molecule has 1 aromatic carbocycles. The Morgan fingerprint density at radius 1 is 1.26 bits per heavy atom. The van der Waals surface area contributed by atoms with Gasteiger partial charge in [-0.2, -0.15) is 0 Å². The Morgan fingerprint density at radius 3 is 2.68 bits per heavy atom. The lowest BCUT2D eigenvalue weighted by molar-refractivity contribution is -0.133. The van der Waals surface area contributed by atoms with Crippen LogP contribution in [0.25, 0.3) is 0 Å². The predicted molar refractivity (Wildman–Crippen MR) is 79.6 cm³/mol. The third-order valence-corrected chi connectivity index (χ3v) is 3.06. The Labute approximate surface area is 120 Å². The van der Waals surface area contributed by atoms with E-state index in [1.54, 1.807) is 12.1 Å². The minimum Gasteiger partial charge on any atom is -0.425 e. The first kappa shape index (κ1) is 15.8. The minimum atomic E-state index is -0.623. The lowest BCUT2D eigenvalue weighted by atomic mass is 10.2. The van der Waals surface area contributed by atoms with Crippen molar-refractivity contribution in [3.63, 3.8) is 0 Å². The fourth-order valence-electron chi connectivity index (χ4n) is 1.61. The summed E-state index contributed by atoms with van der Waals surface area (Å²) in [6.45, 7) is 2.18. The minimum absolute atomic E-state index is 0.397. The van der Waals surface area contributed by atoms with Crippen LogP contribution in [0.4, 0.5) is 0 Å². The van der Waals surface area contributed by atoms with Crippen molar-refractivity contribution in [2.45, 2.75) is 44.4 Å². The largest absolute Gasteiger partial charge is 0.425 e. The van der Waals surface area contributed by atoms with Crippen molar-refractivity contribution < 1.29 is 9.53 Å². The van der Waals surface area contributed by atoms with Crippen molar-refractivity contribution in [1.29, 1.82) is 0 Å². The molecule has 0 aliphatic heterocycles. The van der Waals surface area contributed by atoms with Crippen LogP contribution in [0.5, 0.6) is 5.75 Å². The predicted octanol–water partition coefficient (Wildman–Crippen LogP) is 4.73. The summed E-state index contributed by atoms with van der Waals surface area (Å²) >= 11 is 6.00. The first-order valence-corrected chi connectivity index (χ1v) is 7.23. The monoisotopic (exact) mass is 280 g/mol. The van der Waals surface area contributed by atoms with Crippen molar-refractivity contribution in [3.05, 3.63) is 42.5 Å². The number of allylic oxidation sites excluding steroid dienone is 2. The van der Waals surface area contributed by atoms with E-state index in [1.165, 1.54) is 19.3 Å². The van der Waals surface area contributed by atoms with Crippen molar-refractivity contribution in [1.82, 2.24) is 0 Å². The Hall–Kier alpha value is -1.28. The fraction of sp³-hybridized carbons (Fsp3) is 0.438. The number of esters is 1. The number of hydrogen-bond acceptors (Lipinski definition) is 2. The van der Waals surface area contributed by atoms with Crippen LogP contribution in [0, 0.1) is 0 Å². The molecule has 0 heterocycles. The van der Waals surface area contributed by atoms with E-state index in [0.29, 0.717) is 12.2 Å². The molecule has 0 saturated carbocycles. The van der Waals surface area contributed by atoms with E-state index in [1.807, 2.05) is 24.3 Å². The molecular formula is C16H21ClO2. The maximum Gasteiger partial charge on any atom is 0.329 e. The number of alkyl halides is 1. The molecule has 0 amide bonds. The topological polar surface area (TPSA) is 26.3 Å². The maximum absolute atomic E-state index is 11.7. The summed E-state index contributed by atoms with van der Waals surface area (Å²) in [6, 6.07) is 8.98. The second-order valence-corrected chi connectivity index (χ2v) is 4.93. The molecule has 0 radical (unpaired) electrons. The molecular weight excluding hydrogens is 260 g/mol. The molecule has 0 fully saturated rings. The van der Waals surface area contributed by atoms with Crippen LogP contribution in [0.15, 0.2) is 42.5 Å². The van der Waals surface area contributed by atoms with E-state index in [-0.39, 0.29) is 0 Å². The van der Waals surface area contributed by atoms with Crippen molar-refractivity contribution in [2.75, 3.05) is 0 Å². The summed E-state index contributed by atoms with van der Waals surface area (Å²) in [5.74, 6) is 0.135. The molecule has 0 aliphatic carbocycles. The summed E-state index contributed by atoms with van der Waals surface area (Å²) in [5, 5.41) is -0.623. The number of benzene rings is 1. The van der Waals surface area contributed by atoms with Crippen LogP contribution < -0.4 is 4.74 Å². The van der Waals surface area contributed by atoms with Gasteiger partial charge in [0.15, 0.2) is 0 Å². The molecule has 0 aliphatic rings. The number of unbranched alkanes of at least 4 members (excludes halogenated alkanes) is 3. The van der Waals surface area contributed by atoms with Crippen LogP contribution in [-0.4, -0.2) is 11.3 Å². The van der Waals surface area contributed by atoms with Gasteiger partial charge in [-0.05, 0) is 31.4 Å². The molecule has 0 saturated heterocycles. The summed E-state index contributed by atoms with van der Waals surface area (Å²) in [6.07, 6.45) is 9.25. The van der Waals surface area contributed by atoms with E-state index in [4.69, 9.17) is 16.3 Å². The highest BCUT2D eigenvalue weighted by Gasteiger charge is 2.15. The van der Waals surface area contributed by atoms with Gasteiger partial charge in [-0.3, -0.25) is 4.79 Å². The highest BCUT2D eigenvalue weighted by atomic mass is 35.5. The van der Waals surface area contributed by atoms with E-state index < -0.39 is 11.3 Å². The normalized spacial score (nSPS) is 12.5. The van der Waals surface area contributed by atoms with Crippen LogP contribution >= 0.6 is 11.6 Å². The molecule has 2 nitrogen and oxygen atoms in total. The highest BCUT2D eigenvalue weighted by molar-refractivity contribution is 6.30. The third kappa shape index (κ3) is 7.02. The van der Waals surface area contributed by atoms with Crippen molar-refractivity contribution >= 4 is 17.6 Å². The maximum atomic E-state index is 11.7. The second kappa shape index (κ2) is 9.62. The zero-order valence-corrected chi connectivity index (χ0v) is 12.1. The van der Waals surface area contributed by atoms with Gasteiger partial charge in [0.2, 0.25) is 0 Å². The first-order valence-electron chi connectivity index (χ1n) is 6.80. The summed E-state index contributed by atoms with van der Waals surface area (Å²) in [5.41, 5.74) is 0. The lowest BCUT2D eigenvalue weighted by Crippen LogP contribution is -2.20. The molecule has 0 aromatic heterocycles. The van der Waals surface area contributed by atoms with Gasteiger partial charge in [0.25, 0.3) is 0 Å². The van der Waals surface area contributed by atoms with Crippen LogP contribution in [-0.2, 0) is 4.79 Å². The number of para-hydroxylation sites is 1. The van der Waals surface area contributed by atoms with Gasteiger partial charge < -0.3 is 4.74 Å². The van der Waals surface area contributed by atoms with Crippen LogP contribution in [0.2, 0.25) is 0 Å². The van der Waals surface area contributed by atoms with Gasteiger partial charge in [-0.1, -0.05) is 50.1 Å². The van der Waals surface area contributed by atoms with Gasteiger partial charge in [0, 0.05) is 0 Å². The van der Waals surface area contributed by atoms with E-state index >= 15 is 0 Å². The van der Waals surface area contributed by atoms with Gasteiger partial charge in [0.05, 0.1) is 0 Å². The molecule has 19 heavy (non-hydrogen) atoms. The van der Waals surface area contributed by atoms with E-state index in [2.05, 4.69) is 13.0 Å².